The summed E-state index contributed by atoms with van der Waals surface area (Å²) in [5, 5.41) is 1.11. The molecule has 1 amide bonds. The zero-order valence-electron chi connectivity index (χ0n) is 14.4. The first-order valence-electron chi connectivity index (χ1n) is 8.09. The molecule has 0 unspecified atom stereocenters. The second kappa shape index (κ2) is 8.09. The summed E-state index contributed by atoms with van der Waals surface area (Å²) in [6.45, 7) is 2.79. The van der Waals surface area contributed by atoms with Crippen LogP contribution in [-0.4, -0.2) is 33.2 Å². The topological polar surface area (TPSA) is 68.3 Å². The molecule has 6 nitrogen and oxygen atoms in total. The van der Waals surface area contributed by atoms with Crippen LogP contribution in [0.1, 0.15) is 12.7 Å². The van der Waals surface area contributed by atoms with Crippen molar-refractivity contribution in [2.45, 2.75) is 25.2 Å². The van der Waals surface area contributed by atoms with E-state index in [0.29, 0.717) is 29.1 Å². The van der Waals surface area contributed by atoms with Crippen molar-refractivity contribution < 1.29 is 9.21 Å². The number of benzene rings is 1. The number of carbonyl (C=O) groups excluding carboxylic acids is 1. The number of carbonyl (C=O) groups is 1. The molecular weight excluding hydrogens is 418 g/mol. The Hall–Kier alpha value is -2.06. The van der Waals surface area contributed by atoms with Crippen molar-refractivity contribution in [3.05, 3.63) is 57.2 Å². The number of thioether (sulfide) groups is 1. The van der Waals surface area contributed by atoms with Crippen molar-refractivity contribution in [3.8, 4) is 0 Å². The van der Waals surface area contributed by atoms with E-state index in [0.717, 1.165) is 10.2 Å². The molecule has 136 valence electrons. The summed E-state index contributed by atoms with van der Waals surface area (Å²) in [6.07, 6.45) is 1.58. The lowest BCUT2D eigenvalue weighted by molar-refractivity contribution is -0.127. The van der Waals surface area contributed by atoms with Crippen LogP contribution in [0.2, 0.25) is 0 Å². The first-order chi connectivity index (χ1) is 12.5. The van der Waals surface area contributed by atoms with Crippen molar-refractivity contribution in [3.63, 3.8) is 0 Å². The predicted octanol–water partition coefficient (Wildman–Crippen LogP) is 3.52. The zero-order valence-corrected chi connectivity index (χ0v) is 16.8. The number of hydrogen-bond donors (Lipinski definition) is 0. The number of aromatic nitrogens is 2. The third-order valence-corrected chi connectivity index (χ3v) is 5.38. The van der Waals surface area contributed by atoms with Crippen molar-refractivity contribution >= 4 is 44.5 Å². The normalized spacial score (nSPS) is 11.0. The van der Waals surface area contributed by atoms with E-state index in [1.54, 1.807) is 41.0 Å². The van der Waals surface area contributed by atoms with E-state index in [-0.39, 0.29) is 17.2 Å². The number of furan rings is 1. The Balaban J connectivity index is 1.78. The Bertz CT molecular complexity index is 985. The van der Waals surface area contributed by atoms with Gasteiger partial charge in [-0.2, -0.15) is 0 Å². The minimum Gasteiger partial charge on any atom is -0.467 e. The predicted molar refractivity (Wildman–Crippen MR) is 105 cm³/mol. The molecule has 0 aliphatic carbocycles. The molecular formula is C18H18BrN3O3S. The van der Waals surface area contributed by atoms with Crippen LogP contribution in [0, 0.1) is 0 Å². The fourth-order valence-corrected chi connectivity index (χ4v) is 3.89. The zero-order chi connectivity index (χ0) is 18.7. The lowest BCUT2D eigenvalue weighted by atomic mass is 10.2. The number of hydrogen-bond acceptors (Lipinski definition) is 5. The van der Waals surface area contributed by atoms with Crippen LogP contribution in [0.5, 0.6) is 0 Å². The molecule has 0 N–H and O–H groups in total. The Morgan fingerprint density at radius 1 is 1.38 bits per heavy atom. The highest BCUT2D eigenvalue weighted by atomic mass is 79.9. The van der Waals surface area contributed by atoms with E-state index in [9.17, 15) is 9.59 Å². The Morgan fingerprint density at radius 3 is 2.88 bits per heavy atom. The summed E-state index contributed by atoms with van der Waals surface area (Å²) in [5.74, 6) is 0.871. The maximum absolute atomic E-state index is 12.7. The average Bonchev–Trinajstić information content (AvgIpc) is 3.13. The quantitative estimate of drug-likeness (QED) is 0.437. The van der Waals surface area contributed by atoms with E-state index in [4.69, 9.17) is 4.42 Å². The van der Waals surface area contributed by atoms with Gasteiger partial charge >= 0.3 is 0 Å². The van der Waals surface area contributed by atoms with Gasteiger partial charge < -0.3 is 9.32 Å². The van der Waals surface area contributed by atoms with Crippen LogP contribution in [-0.2, 0) is 17.9 Å². The first-order valence-corrected chi connectivity index (χ1v) is 9.86. The summed E-state index contributed by atoms with van der Waals surface area (Å²) >= 11 is 4.65. The van der Waals surface area contributed by atoms with Gasteiger partial charge in [0.05, 0.1) is 29.5 Å². The molecule has 3 aromatic rings. The largest absolute Gasteiger partial charge is 0.467 e. The molecule has 0 saturated heterocycles. The van der Waals surface area contributed by atoms with Crippen LogP contribution in [0.3, 0.4) is 0 Å². The van der Waals surface area contributed by atoms with Gasteiger partial charge in [-0.15, -0.1) is 0 Å². The number of nitrogens with zero attached hydrogens (tertiary/aromatic N) is 3. The van der Waals surface area contributed by atoms with E-state index in [2.05, 4.69) is 20.9 Å². The maximum Gasteiger partial charge on any atom is 0.262 e. The van der Waals surface area contributed by atoms with Crippen LogP contribution in [0.4, 0.5) is 0 Å². The molecule has 2 aromatic heterocycles. The molecule has 0 radical (unpaired) electrons. The molecule has 26 heavy (non-hydrogen) atoms. The summed E-state index contributed by atoms with van der Waals surface area (Å²) < 4.78 is 7.70. The summed E-state index contributed by atoms with van der Waals surface area (Å²) in [7, 11) is 1.73. The first kappa shape index (κ1) is 18.7. The molecule has 0 fully saturated rings. The van der Waals surface area contributed by atoms with Crippen LogP contribution in [0.25, 0.3) is 10.9 Å². The number of rotatable bonds is 6. The minimum atomic E-state index is -0.0994. The fourth-order valence-electron chi connectivity index (χ4n) is 2.52. The minimum absolute atomic E-state index is 0.0563. The van der Waals surface area contributed by atoms with Crippen LogP contribution >= 0.6 is 27.7 Å². The maximum atomic E-state index is 12.7. The molecule has 0 aliphatic heterocycles. The highest BCUT2D eigenvalue weighted by molar-refractivity contribution is 9.10. The summed E-state index contributed by atoms with van der Waals surface area (Å²) in [4.78, 5) is 31.2. The Kier molecular flexibility index (Phi) is 5.83. The fraction of sp³-hybridized carbons (Fsp3) is 0.278. The highest BCUT2D eigenvalue weighted by Gasteiger charge is 2.15. The lowest BCUT2D eigenvalue weighted by Crippen LogP contribution is -2.28. The smallest absolute Gasteiger partial charge is 0.262 e. The lowest BCUT2D eigenvalue weighted by Gasteiger charge is -2.16. The van der Waals surface area contributed by atoms with Gasteiger partial charge in [-0.1, -0.05) is 27.7 Å². The molecule has 0 atom stereocenters. The van der Waals surface area contributed by atoms with Crippen LogP contribution in [0.15, 0.2) is 55.4 Å². The van der Waals surface area contributed by atoms with Crippen LogP contribution < -0.4 is 5.56 Å². The SMILES string of the molecule is CCn1c(SCC(=O)N(C)Cc2ccco2)nc2ccc(Br)cc2c1=O. The van der Waals surface area contributed by atoms with E-state index >= 15 is 0 Å². The number of amides is 1. The van der Waals surface area contributed by atoms with E-state index in [1.807, 2.05) is 19.1 Å². The van der Waals surface area contributed by atoms with Crippen molar-refractivity contribution in [2.75, 3.05) is 12.8 Å². The van der Waals surface area contributed by atoms with Crippen molar-refractivity contribution in [1.82, 2.24) is 14.5 Å². The Morgan fingerprint density at radius 2 is 2.19 bits per heavy atom. The van der Waals surface area contributed by atoms with E-state index < -0.39 is 0 Å². The molecule has 3 rings (SSSR count). The molecule has 0 spiro atoms. The molecule has 0 saturated carbocycles. The van der Waals surface area contributed by atoms with Gasteiger partial charge in [0.1, 0.15) is 5.76 Å². The Labute approximate surface area is 163 Å². The molecule has 1 aromatic carbocycles. The van der Waals surface area contributed by atoms with Crippen molar-refractivity contribution in [1.29, 1.82) is 0 Å². The van der Waals surface area contributed by atoms with Gasteiger partial charge in [-0.05, 0) is 37.3 Å². The summed E-state index contributed by atoms with van der Waals surface area (Å²) in [5.41, 5.74) is 0.527. The summed E-state index contributed by atoms with van der Waals surface area (Å²) in [6, 6.07) is 9.04. The standard InChI is InChI=1S/C18H18BrN3O3S/c1-3-22-17(24)14-9-12(19)6-7-15(14)20-18(22)26-11-16(23)21(2)10-13-5-4-8-25-13/h4-9H,3,10-11H2,1-2H3. The van der Waals surface area contributed by atoms with E-state index in [1.165, 1.54) is 11.8 Å². The highest BCUT2D eigenvalue weighted by Crippen LogP contribution is 2.21. The average molecular weight is 436 g/mol. The molecule has 2 heterocycles. The monoisotopic (exact) mass is 435 g/mol. The second-order valence-corrected chi connectivity index (χ2v) is 7.58. The van der Waals surface area contributed by atoms with Gasteiger partial charge in [0.15, 0.2) is 5.16 Å². The molecule has 0 bridgehead atoms. The van der Waals surface area contributed by atoms with Gasteiger partial charge in [-0.3, -0.25) is 14.2 Å². The third-order valence-electron chi connectivity index (χ3n) is 3.92. The van der Waals surface area contributed by atoms with Gasteiger partial charge in [0.2, 0.25) is 5.91 Å². The molecule has 8 heteroatoms. The molecule has 0 aliphatic rings. The van der Waals surface area contributed by atoms with Gasteiger partial charge in [0, 0.05) is 18.1 Å². The number of halogens is 1. The van der Waals surface area contributed by atoms with Gasteiger partial charge in [-0.25, -0.2) is 4.98 Å². The number of fused-ring (bicyclic) bond motifs is 1. The van der Waals surface area contributed by atoms with Gasteiger partial charge in [0.25, 0.3) is 5.56 Å². The third kappa shape index (κ3) is 4.02. The second-order valence-electron chi connectivity index (χ2n) is 5.72. The van der Waals surface area contributed by atoms with Crippen molar-refractivity contribution in [2.24, 2.45) is 0 Å².